The number of rotatable bonds is 39. The third kappa shape index (κ3) is 34.6. The zero-order valence-electron chi connectivity index (χ0n) is 58.3. The van der Waals surface area contributed by atoms with E-state index in [0.29, 0.717) is 29.6 Å². The molecule has 6 rings (SSSR count). The van der Waals surface area contributed by atoms with Crippen molar-refractivity contribution in [2.75, 3.05) is 49.5 Å². The Morgan fingerprint density at radius 1 is 0.670 bits per heavy atom. The van der Waals surface area contributed by atoms with Crippen molar-refractivity contribution in [3.63, 3.8) is 0 Å². The number of ether oxygens (including phenoxy) is 2. The van der Waals surface area contributed by atoms with Gasteiger partial charge in [-0.05, 0) is 59.2 Å². The summed E-state index contributed by atoms with van der Waals surface area (Å²) in [6, 6.07) is 6.34. The van der Waals surface area contributed by atoms with Gasteiger partial charge in [0.25, 0.3) is 0 Å². The van der Waals surface area contributed by atoms with Crippen molar-refractivity contribution in [1.29, 1.82) is 1.28 Å². The number of hydrogen-bond donors (Lipinski definition) is 15. The quantitative estimate of drug-likeness (QED) is 0.00648. The monoisotopic (exact) mass is 1850 g/mol. The summed E-state index contributed by atoms with van der Waals surface area (Å²) in [5, 5.41) is 84.9. The number of nitrogens with one attached hydrogen (secondary N) is 2. The topological polar surface area (TPSA) is 524 Å². The van der Waals surface area contributed by atoms with E-state index in [1.54, 1.807) is 12.1 Å². The summed E-state index contributed by atoms with van der Waals surface area (Å²) in [7, 11) is -5.35. The zero-order valence-corrected chi connectivity index (χ0v) is 76.7. The minimum atomic E-state index is -5.75. The number of nitrogens with two attached hydrogens (primary N) is 2. The number of phosphoric acid groups is 3. The van der Waals surface area contributed by atoms with Crippen molar-refractivity contribution >= 4 is 189 Å². The molecule has 103 heavy (non-hydrogen) atoms. The van der Waals surface area contributed by atoms with Crippen LogP contribution < -0.4 is 26.5 Å². The Bertz CT molecular complexity index is 3180. The van der Waals surface area contributed by atoms with Crippen LogP contribution in [0.4, 0.5) is 11.6 Å². The van der Waals surface area contributed by atoms with E-state index in [1.165, 1.54) is 105 Å². The summed E-state index contributed by atoms with van der Waals surface area (Å²) in [6.07, 6.45) is 14.0. The maximum Gasteiger partial charge on any atom is 0.490 e. The van der Waals surface area contributed by atoms with Gasteiger partial charge in [0.05, 0.1) is 37.6 Å². The molecule has 6 heterocycles. The number of unbranched alkanes of at least 4 members (excludes halogenated alkanes) is 12. The van der Waals surface area contributed by atoms with E-state index >= 15 is 0 Å². The Labute approximate surface area is 639 Å². The molecule has 0 amide bonds. The van der Waals surface area contributed by atoms with Gasteiger partial charge in [-0.2, -0.15) is 18.8 Å². The van der Waals surface area contributed by atoms with Gasteiger partial charge in [0.15, 0.2) is 11.6 Å². The molecule has 0 radical (unpaired) electrons. The predicted molar refractivity (Wildman–Crippen MR) is 445 cm³/mol. The second-order valence-electron chi connectivity index (χ2n) is 22.3. The van der Waals surface area contributed by atoms with Gasteiger partial charge in [0.1, 0.15) is 71.5 Å². The number of phosphoric ester groups is 1. The van der Waals surface area contributed by atoms with Crippen LogP contribution in [0.25, 0.3) is 11.0 Å². The van der Waals surface area contributed by atoms with Crippen LogP contribution in [-0.4, -0.2) is 160 Å². The summed E-state index contributed by atoms with van der Waals surface area (Å²) in [6.45, 7) is 11.1. The predicted octanol–water partition coefficient (Wildman–Crippen LogP) is 15.0. The molecule has 2 aliphatic rings. The Morgan fingerprint density at radius 2 is 1.06 bits per heavy atom. The van der Waals surface area contributed by atoms with Crippen LogP contribution in [0.3, 0.4) is 0 Å². The van der Waals surface area contributed by atoms with Crippen LogP contribution in [0.5, 0.6) is 0 Å². The maximum absolute atomic E-state index is 12.0. The number of halogens is 2. The second kappa shape index (κ2) is 53.6. The molecule has 0 aliphatic carbocycles. The molecule has 604 valence electrons. The first kappa shape index (κ1) is 104. The molecule has 2 aliphatic heterocycles. The molecule has 54 heteroatoms. The Hall–Kier alpha value is 3.35. The summed E-state index contributed by atoms with van der Waals surface area (Å²) < 4.78 is 88.5. The molecule has 2 fully saturated rings. The molecule has 4 aromatic rings. The molecule has 12 unspecified atom stereocenters. The van der Waals surface area contributed by atoms with Gasteiger partial charge in [0, 0.05) is 0 Å². The van der Waals surface area contributed by atoms with Gasteiger partial charge in [0.2, 0.25) is 0 Å². The fraction of sp³-hybridized carbons (Fsp3) is 0.755. The Balaban J connectivity index is 0.00000131. The van der Waals surface area contributed by atoms with Crippen LogP contribution in [0, 0.1) is 0 Å². The standard InChI is InChI=1S/C12H18ClN4O13P3.C12H15ClN4O4.C8H22N2O7P2.2C8H18.CH4.H15P13/c13-3-12(4-27-32(23,24)30-33(25,26)29-31(20,21)22)10(19)8(18)9(28-12)6-1-2-7-11(14)15-5-16-17(6)7;13-3-12(4-18)10(20)8(19)9(21-12)6-1-2-7-11(14)15-5-16-17(6)7;1-3-5-7-9-19(16-12,17-15-11,18(13)14)10-8-6-4-2;2*1-3-5-7-8-6-4-2;;1-9(2)12(7)8-13(10(3)4)11(5)6/h1-2,5,8-10,18-19H,3-4H2,(H,23,24)(H,25,26)(H2,14,15,16)(H2,20,21,22);1-2,5,8-10,18-20H,3-4H2,(H2,14,15,16);9-12H,3-8H2,1-2H3;2*3-8H2,1-2H3;1H4;8H,1-7H2/t2*8-,9-,10-,12+;;;;;/m00...../s1/i;;;;;;8T. The first-order valence-corrected chi connectivity index (χ1v) is 63.6. The fourth-order valence-corrected chi connectivity index (χ4v) is 98.6. The van der Waals surface area contributed by atoms with Gasteiger partial charge in [-0.25, -0.2) is 32.7 Å². The zero-order chi connectivity index (χ0) is 78.8. The van der Waals surface area contributed by atoms with Crippen LogP contribution in [0.2, 0.25) is 0 Å². The van der Waals surface area contributed by atoms with Crippen molar-refractivity contribution in [1.82, 2.24) is 39.4 Å². The fourth-order valence-electron chi connectivity index (χ4n) is 9.00. The number of aliphatic hydroxyl groups excluding tert-OH is 5. The van der Waals surface area contributed by atoms with E-state index in [4.69, 9.17) is 65.7 Å². The first-order valence-electron chi connectivity index (χ1n) is 32.0. The van der Waals surface area contributed by atoms with Crippen LogP contribution in [-0.2, 0) is 55.3 Å². The Kier molecular flexibility index (Phi) is 54.3. The molecule has 20 atom stereocenters. The summed E-state index contributed by atoms with van der Waals surface area (Å²) in [4.78, 5) is 55.2. The van der Waals surface area contributed by atoms with E-state index < -0.39 is 113 Å². The average Bonchev–Trinajstić information content (AvgIpc) is 1.14. The molecule has 0 aromatic carbocycles. The SMILES string of the molecule is C.CCCCCCCC.CCCCCCCC.CCCCNP(NCCCC)(OO)(OOO)[P+](=O)[O-].Nc1ncnn2c([C@@H]3O[C@@](CO)(CCl)[C@@H](O)[C@H]3O)ccc12.Nc1ncnn2c([C@@H]3O[C@](CCl)(COP(=O)(O)OP(=O)(O)OP(=O)(O)O)[C@@H](O)[C@H]3O)ccc12.[3H]P(P(P)P(P)P)P(P(P)P)P(P)P. The smallest absolute Gasteiger partial charge is 0.393 e. The van der Waals surface area contributed by atoms with Gasteiger partial charge in [-0.1, -0.05) is 120 Å². The number of anilines is 2. The Morgan fingerprint density at radius 3 is 1.37 bits per heavy atom. The number of aromatic nitrogens is 6. The van der Waals surface area contributed by atoms with Crippen LogP contribution in [0.1, 0.15) is 175 Å². The normalized spacial score (nSPS) is 22.8. The molecule has 2 saturated heterocycles. The molecule has 4 aromatic heterocycles. The number of fused-ring (bicyclic) bond motifs is 2. The summed E-state index contributed by atoms with van der Waals surface area (Å²) >= 11 is 11.7. The van der Waals surface area contributed by atoms with Gasteiger partial charge in [-0.15, -0.1) is 85.7 Å². The van der Waals surface area contributed by atoms with Crippen molar-refractivity contribution in [2.45, 2.75) is 200 Å². The first-order chi connectivity index (χ1) is 48.3. The molecule has 0 spiro atoms. The summed E-state index contributed by atoms with van der Waals surface area (Å²) in [5.74, 6) is -0.369. The van der Waals surface area contributed by atoms with Crippen molar-refractivity contribution in [2.24, 2.45) is 0 Å². The number of aliphatic hydroxyl groups is 5. The van der Waals surface area contributed by atoms with Gasteiger partial charge < -0.3 is 66.0 Å². The van der Waals surface area contributed by atoms with E-state index in [9.17, 15) is 58.5 Å². The molecule has 34 nitrogen and oxygen atoms in total. The third-order valence-electron chi connectivity index (χ3n) is 14.5. The maximum atomic E-state index is 12.0. The number of nitrogens with zero attached hydrogens (tertiary/aromatic N) is 6. The largest absolute Gasteiger partial charge is 0.490 e. The molecule has 17 N–H and O–H groups in total. The minimum Gasteiger partial charge on any atom is -0.393 e. The molecular weight excluding hydrogens is 1740 g/mol. The van der Waals surface area contributed by atoms with Gasteiger partial charge in [-0.3, -0.25) is 4.52 Å². The van der Waals surface area contributed by atoms with Crippen molar-refractivity contribution < 1.29 is 116 Å². The van der Waals surface area contributed by atoms with E-state index in [2.05, 4.69) is 148 Å². The number of hydrogen-bond acceptors (Lipinski definition) is 28. The number of nitrogen functional groups attached to an aromatic ring is 2. The third-order valence-corrected chi connectivity index (χ3v) is 90.7. The number of alkyl halides is 2. The van der Waals surface area contributed by atoms with Crippen molar-refractivity contribution in [3.8, 4) is 0 Å². The van der Waals surface area contributed by atoms with Gasteiger partial charge >= 0.3 is 135 Å². The van der Waals surface area contributed by atoms with E-state index in [1.807, 2.05) is 13.8 Å². The second-order valence-corrected chi connectivity index (χ2v) is 81.0. The van der Waals surface area contributed by atoms with E-state index in [-0.39, 0.29) is 78.7 Å². The van der Waals surface area contributed by atoms with Crippen molar-refractivity contribution in [3.05, 3.63) is 48.3 Å². The molecular formula is C49H110Cl2N10O24P18. The molecule has 0 bridgehead atoms. The minimum absolute atomic E-state index is 0. The van der Waals surface area contributed by atoms with Crippen LogP contribution in [0.15, 0.2) is 36.9 Å². The molecule has 0 saturated carbocycles. The van der Waals surface area contributed by atoms with Crippen LogP contribution >= 0.6 is 167 Å². The van der Waals surface area contributed by atoms with E-state index in [0.717, 1.165) is 19.2 Å². The summed E-state index contributed by atoms with van der Waals surface area (Å²) in [5.41, 5.74) is 9.67. The average molecular weight is 1850 g/mol.